The lowest BCUT2D eigenvalue weighted by atomic mass is 10.3. The Kier molecular flexibility index (Phi) is 3.16. The summed E-state index contributed by atoms with van der Waals surface area (Å²) in [6.07, 6.45) is 6.66. The highest BCUT2D eigenvalue weighted by molar-refractivity contribution is 6.18. The molecule has 1 aliphatic rings. The molecular weight excluding hydrogens is 214 g/mol. The summed E-state index contributed by atoms with van der Waals surface area (Å²) >= 11 is 5.67. The third kappa shape index (κ3) is 2.45. The van der Waals surface area contributed by atoms with Crippen LogP contribution in [0.4, 0.5) is 0 Å². The molecule has 0 aromatic carbocycles. The summed E-state index contributed by atoms with van der Waals surface area (Å²) in [6, 6.07) is 0.372. The molecule has 1 saturated carbocycles. The minimum absolute atomic E-state index is 0.0150. The number of halogens is 1. The van der Waals surface area contributed by atoms with Gasteiger partial charge in [0.15, 0.2) is 0 Å². The minimum Gasteiger partial charge on any atom is -0.334 e. The van der Waals surface area contributed by atoms with Gasteiger partial charge in [-0.15, -0.1) is 11.6 Å². The fourth-order valence-electron chi connectivity index (χ4n) is 1.50. The first-order valence-corrected chi connectivity index (χ1v) is 5.48. The van der Waals surface area contributed by atoms with Gasteiger partial charge in [0.05, 0.1) is 5.56 Å². The van der Waals surface area contributed by atoms with Crippen LogP contribution in [0.3, 0.4) is 0 Å². The number of rotatable bonds is 4. The maximum absolute atomic E-state index is 12.0. The standard InChI is InChI=1S/C10H12ClN3O/c11-3-4-14(9-1-2-9)10(15)8-5-12-7-13-6-8/h5-7,9H,1-4H2. The second-order valence-electron chi connectivity index (χ2n) is 3.55. The van der Waals surface area contributed by atoms with E-state index in [4.69, 9.17) is 11.6 Å². The van der Waals surface area contributed by atoms with Gasteiger partial charge in [0, 0.05) is 30.9 Å². The topological polar surface area (TPSA) is 46.1 Å². The monoisotopic (exact) mass is 225 g/mol. The third-order valence-electron chi connectivity index (χ3n) is 2.38. The van der Waals surface area contributed by atoms with Crippen molar-refractivity contribution in [2.24, 2.45) is 0 Å². The van der Waals surface area contributed by atoms with Crippen molar-refractivity contribution in [2.75, 3.05) is 12.4 Å². The fourth-order valence-corrected chi connectivity index (χ4v) is 1.68. The van der Waals surface area contributed by atoms with Crippen molar-refractivity contribution in [3.8, 4) is 0 Å². The summed E-state index contributed by atoms with van der Waals surface area (Å²) in [7, 11) is 0. The Balaban J connectivity index is 2.10. The molecule has 1 aromatic heterocycles. The Morgan fingerprint density at radius 1 is 1.47 bits per heavy atom. The highest BCUT2D eigenvalue weighted by Crippen LogP contribution is 2.27. The summed E-state index contributed by atoms with van der Waals surface area (Å²) in [5.41, 5.74) is 0.537. The molecule has 2 rings (SSSR count). The lowest BCUT2D eigenvalue weighted by Crippen LogP contribution is -2.34. The van der Waals surface area contributed by atoms with Crippen LogP contribution in [0.15, 0.2) is 18.7 Å². The van der Waals surface area contributed by atoms with E-state index in [-0.39, 0.29) is 5.91 Å². The van der Waals surface area contributed by atoms with Gasteiger partial charge in [-0.2, -0.15) is 0 Å². The average Bonchev–Trinajstić information content (AvgIpc) is 3.10. The molecule has 5 heteroatoms. The molecule has 4 nitrogen and oxygen atoms in total. The van der Waals surface area contributed by atoms with Crippen molar-refractivity contribution >= 4 is 17.5 Å². The van der Waals surface area contributed by atoms with Crippen LogP contribution in [0, 0.1) is 0 Å². The number of carbonyl (C=O) groups excluding carboxylic acids is 1. The Bertz CT molecular complexity index is 340. The van der Waals surface area contributed by atoms with Crippen LogP contribution in [0.25, 0.3) is 0 Å². The van der Waals surface area contributed by atoms with Crippen LogP contribution in [-0.2, 0) is 0 Å². The second-order valence-corrected chi connectivity index (χ2v) is 3.92. The smallest absolute Gasteiger partial charge is 0.257 e. The molecule has 1 heterocycles. The number of hydrogen-bond donors (Lipinski definition) is 0. The van der Waals surface area contributed by atoms with E-state index in [1.54, 1.807) is 12.4 Å². The van der Waals surface area contributed by atoms with Gasteiger partial charge in [-0.3, -0.25) is 4.79 Å². The van der Waals surface area contributed by atoms with Crippen LogP contribution in [0.1, 0.15) is 23.2 Å². The van der Waals surface area contributed by atoms with E-state index in [0.717, 1.165) is 12.8 Å². The average molecular weight is 226 g/mol. The largest absolute Gasteiger partial charge is 0.334 e. The van der Waals surface area contributed by atoms with E-state index in [1.807, 2.05) is 4.90 Å². The van der Waals surface area contributed by atoms with Gasteiger partial charge in [-0.05, 0) is 12.8 Å². The van der Waals surface area contributed by atoms with Crippen LogP contribution in [0.5, 0.6) is 0 Å². The van der Waals surface area contributed by atoms with Gasteiger partial charge >= 0.3 is 0 Å². The van der Waals surface area contributed by atoms with Gasteiger partial charge < -0.3 is 4.90 Å². The molecule has 0 aliphatic heterocycles. The SMILES string of the molecule is O=C(c1cncnc1)N(CCCl)C1CC1. The highest BCUT2D eigenvalue weighted by atomic mass is 35.5. The van der Waals surface area contributed by atoms with E-state index in [2.05, 4.69) is 9.97 Å². The van der Waals surface area contributed by atoms with Crippen LogP contribution >= 0.6 is 11.6 Å². The molecule has 1 fully saturated rings. The molecule has 1 amide bonds. The van der Waals surface area contributed by atoms with Crippen molar-refractivity contribution in [1.29, 1.82) is 0 Å². The van der Waals surface area contributed by atoms with Gasteiger partial charge in [-0.25, -0.2) is 9.97 Å². The minimum atomic E-state index is -0.0150. The quantitative estimate of drug-likeness (QED) is 0.726. The molecular formula is C10H12ClN3O. The molecule has 0 N–H and O–H groups in total. The Morgan fingerprint density at radius 3 is 2.67 bits per heavy atom. The lowest BCUT2D eigenvalue weighted by molar-refractivity contribution is 0.0753. The first-order valence-electron chi connectivity index (χ1n) is 4.95. The van der Waals surface area contributed by atoms with Crippen LogP contribution < -0.4 is 0 Å². The number of aromatic nitrogens is 2. The predicted molar refractivity (Wildman–Crippen MR) is 56.8 cm³/mol. The molecule has 1 aromatic rings. The summed E-state index contributed by atoms with van der Waals surface area (Å²) < 4.78 is 0. The first kappa shape index (κ1) is 10.4. The van der Waals surface area contributed by atoms with Crippen molar-refractivity contribution in [3.63, 3.8) is 0 Å². The van der Waals surface area contributed by atoms with Crippen molar-refractivity contribution in [2.45, 2.75) is 18.9 Å². The molecule has 0 atom stereocenters. The molecule has 1 aliphatic carbocycles. The van der Waals surface area contributed by atoms with Crippen LogP contribution in [0.2, 0.25) is 0 Å². The highest BCUT2D eigenvalue weighted by Gasteiger charge is 2.32. The normalized spacial score (nSPS) is 15.0. The maximum Gasteiger partial charge on any atom is 0.257 e. The molecule has 0 radical (unpaired) electrons. The number of alkyl halides is 1. The van der Waals surface area contributed by atoms with E-state index in [9.17, 15) is 4.79 Å². The molecule has 80 valence electrons. The Hall–Kier alpha value is -1.16. The molecule has 0 saturated heterocycles. The summed E-state index contributed by atoms with van der Waals surface area (Å²) in [4.78, 5) is 21.5. The summed E-state index contributed by atoms with van der Waals surface area (Å²) in [5, 5.41) is 0. The van der Waals surface area contributed by atoms with Gasteiger partial charge in [-0.1, -0.05) is 0 Å². The van der Waals surface area contributed by atoms with E-state index < -0.39 is 0 Å². The zero-order valence-corrected chi connectivity index (χ0v) is 9.02. The van der Waals surface area contributed by atoms with Crippen molar-refractivity contribution in [3.05, 3.63) is 24.3 Å². The number of amides is 1. The number of hydrogen-bond acceptors (Lipinski definition) is 3. The molecule has 0 spiro atoms. The Labute approximate surface area is 93.3 Å². The van der Waals surface area contributed by atoms with E-state index >= 15 is 0 Å². The maximum atomic E-state index is 12.0. The summed E-state index contributed by atoms with van der Waals surface area (Å²) in [6.45, 7) is 0.597. The molecule has 0 bridgehead atoms. The van der Waals surface area contributed by atoms with Crippen molar-refractivity contribution in [1.82, 2.24) is 14.9 Å². The van der Waals surface area contributed by atoms with Gasteiger partial charge in [0.25, 0.3) is 5.91 Å². The number of carbonyl (C=O) groups is 1. The van der Waals surface area contributed by atoms with Gasteiger partial charge in [0.2, 0.25) is 0 Å². The second kappa shape index (κ2) is 4.57. The van der Waals surface area contributed by atoms with E-state index in [1.165, 1.54) is 6.33 Å². The summed E-state index contributed by atoms with van der Waals surface area (Å²) in [5.74, 6) is 0.453. The predicted octanol–water partition coefficient (Wildman–Crippen LogP) is 1.32. The van der Waals surface area contributed by atoms with E-state index in [0.29, 0.717) is 24.0 Å². The van der Waals surface area contributed by atoms with Crippen LogP contribution in [-0.4, -0.2) is 39.2 Å². The van der Waals surface area contributed by atoms with Crippen molar-refractivity contribution < 1.29 is 4.79 Å². The fraction of sp³-hybridized carbons (Fsp3) is 0.500. The first-order chi connectivity index (χ1) is 7.33. The number of nitrogens with zero attached hydrogens (tertiary/aromatic N) is 3. The third-order valence-corrected chi connectivity index (χ3v) is 2.55. The molecule has 15 heavy (non-hydrogen) atoms. The zero-order valence-electron chi connectivity index (χ0n) is 8.27. The zero-order chi connectivity index (χ0) is 10.7. The Morgan fingerprint density at radius 2 is 2.13 bits per heavy atom. The lowest BCUT2D eigenvalue weighted by Gasteiger charge is -2.20. The molecule has 0 unspecified atom stereocenters. The van der Waals surface area contributed by atoms with Gasteiger partial charge in [0.1, 0.15) is 6.33 Å².